The zero-order chi connectivity index (χ0) is 49.0. The molecule has 0 spiro atoms. The molecule has 0 atom stereocenters. The average molecular weight is 1070 g/mol. The Balaban J connectivity index is 0.00000823. The van der Waals surface area contributed by atoms with Crippen LogP contribution in [0.3, 0.4) is 0 Å². The first-order chi connectivity index (χ1) is 32.8. The lowest BCUT2D eigenvalue weighted by molar-refractivity contribution is 0.528. The lowest BCUT2D eigenvalue weighted by atomic mass is 9.93. The Hall–Kier alpha value is -0.380. The highest BCUT2D eigenvalue weighted by Gasteiger charge is 2.11. The fourth-order valence-electron chi connectivity index (χ4n) is 10.0. The summed E-state index contributed by atoms with van der Waals surface area (Å²) in [6, 6.07) is 5.00. The van der Waals surface area contributed by atoms with E-state index in [2.05, 4.69) is 43.2 Å². The van der Waals surface area contributed by atoms with E-state index in [1.54, 1.807) is 11.1 Å². The molecule has 0 aliphatic heterocycles. The van der Waals surface area contributed by atoms with Gasteiger partial charge in [-0.05, 0) is 61.3 Å². The van der Waals surface area contributed by atoms with Crippen LogP contribution in [0.25, 0.3) is 0 Å². The second-order valence-corrected chi connectivity index (χ2v) is 23.8. The van der Waals surface area contributed by atoms with E-state index < -0.39 is 31.4 Å². The van der Waals surface area contributed by atoms with E-state index in [1.165, 1.54) is 330 Å². The summed E-state index contributed by atoms with van der Waals surface area (Å²) >= 11 is -1.12. The van der Waals surface area contributed by atoms with Crippen molar-refractivity contribution < 1.29 is 11.5 Å². The smallest absolute Gasteiger partial charge is 0.265 e. The number of halogens is 1. The molecule has 0 saturated heterocycles. The molecule has 0 saturated carbocycles. The first-order valence-electron chi connectivity index (χ1n) is 30.0. The molecular weight excluding hydrogens is 956 g/mol. The maximum absolute atomic E-state index is 12.6. The van der Waals surface area contributed by atoms with Crippen molar-refractivity contribution in [2.75, 3.05) is 0 Å². The van der Waals surface area contributed by atoms with Gasteiger partial charge in [0.15, 0.2) is 21.2 Å². The van der Waals surface area contributed by atoms with Crippen molar-refractivity contribution in [2.45, 2.75) is 348 Å². The summed E-state index contributed by atoms with van der Waals surface area (Å²) in [5, 5.41) is 8.21. The Bertz CT molecular complexity index is 1270. The minimum atomic E-state index is -3.67. The van der Waals surface area contributed by atoms with Crippen LogP contribution in [-0.4, -0.2) is 8.42 Å². The fraction of sp³-hybridized carbons (Fsp3) is 0.900. The maximum atomic E-state index is 12.6. The summed E-state index contributed by atoms with van der Waals surface area (Å²) in [4.78, 5) is 0. The predicted octanol–water partition coefficient (Wildman–Crippen LogP) is 20.7. The largest absolute Gasteiger partial charge is 0.271 e. The van der Waals surface area contributed by atoms with Crippen LogP contribution >= 0.6 is 21.2 Å². The van der Waals surface area contributed by atoms with Crippen molar-refractivity contribution in [1.29, 1.82) is 0 Å². The van der Waals surface area contributed by atoms with Crippen molar-refractivity contribution in [3.63, 3.8) is 0 Å². The molecule has 0 bridgehead atoms. The number of benzene rings is 1. The molecule has 1 aromatic carbocycles. The highest BCUT2D eigenvalue weighted by Crippen LogP contribution is 2.27. The molecule has 398 valence electrons. The fourth-order valence-corrected chi connectivity index (χ4v) is 11.2. The third kappa shape index (κ3) is 51.8. The highest BCUT2D eigenvalue weighted by atomic mass is 127. The van der Waals surface area contributed by atoms with Crippen LogP contribution in [-0.2, 0) is 32.5 Å². The van der Waals surface area contributed by atoms with Gasteiger partial charge in [-0.2, -0.15) is 8.42 Å². The van der Waals surface area contributed by atoms with Crippen molar-refractivity contribution in [2.24, 2.45) is 10.3 Å². The second-order valence-electron chi connectivity index (χ2n) is 21.0. The zero-order valence-corrected chi connectivity index (χ0v) is 48.4. The zero-order valence-electron chi connectivity index (χ0n) is 45.4. The molecule has 0 aliphatic rings. The molecule has 0 unspecified atom stereocenters. The molecule has 1 aromatic rings. The van der Waals surface area contributed by atoms with E-state index in [0.717, 1.165) is 6.42 Å². The summed E-state index contributed by atoms with van der Waals surface area (Å²) in [6.45, 7) is 6.94. The molecular formula is C60H117IN2O3S. The van der Waals surface area contributed by atoms with Crippen LogP contribution in [0.1, 0.15) is 346 Å². The lowest BCUT2D eigenvalue weighted by Gasteiger charge is -2.15. The minimum Gasteiger partial charge on any atom is -0.265 e. The van der Waals surface area contributed by atoms with Gasteiger partial charge in [0.1, 0.15) is 0 Å². The van der Waals surface area contributed by atoms with Crippen molar-refractivity contribution in [1.82, 2.24) is 0 Å². The molecule has 4 N–H and O–H groups in total. The van der Waals surface area contributed by atoms with E-state index in [0.29, 0.717) is 0 Å². The van der Waals surface area contributed by atoms with Gasteiger partial charge in [0.25, 0.3) is 10.2 Å². The van der Waals surface area contributed by atoms with Gasteiger partial charge in [0.2, 0.25) is 0 Å². The molecule has 0 aromatic heterocycles. The first-order valence-corrected chi connectivity index (χ1v) is 33.6. The third-order valence-electron chi connectivity index (χ3n) is 14.4. The van der Waals surface area contributed by atoms with Gasteiger partial charge in [0, 0.05) is 3.57 Å². The highest BCUT2D eigenvalue weighted by molar-refractivity contribution is 14.1. The molecule has 0 amide bonds. The average Bonchev–Trinajstić information content (AvgIpc) is 3.30. The van der Waals surface area contributed by atoms with Crippen LogP contribution < -0.4 is 10.3 Å². The molecule has 5 nitrogen and oxygen atoms in total. The van der Waals surface area contributed by atoms with E-state index in [-0.39, 0.29) is 0 Å². The van der Waals surface area contributed by atoms with E-state index in [9.17, 15) is 11.5 Å². The minimum absolute atomic E-state index is 1.12. The van der Waals surface area contributed by atoms with Crippen LogP contribution in [0.15, 0.2) is 12.1 Å². The maximum Gasteiger partial charge on any atom is 0.271 e. The Kier molecular flexibility index (Phi) is 53.1. The van der Waals surface area contributed by atoms with E-state index in [1.807, 2.05) is 0 Å². The van der Waals surface area contributed by atoms with Crippen molar-refractivity contribution >= 4 is 31.4 Å². The molecule has 0 heterocycles. The summed E-state index contributed by atoms with van der Waals surface area (Å²) in [7, 11) is -3.67. The SMILES string of the molecule is CCCCCCCCCCCCCCCCCCc1cc(CCCCCCCCCCCCCCCCCC)c(I=O)cc1CCCCCCCCCCCCCCCCCC.NS(N)(=O)=O. The van der Waals surface area contributed by atoms with Gasteiger partial charge in [-0.15, -0.1) is 0 Å². The summed E-state index contributed by atoms with van der Waals surface area (Å²) in [6.07, 6.45) is 71.9. The molecule has 1 rings (SSSR count). The third-order valence-corrected chi connectivity index (χ3v) is 15.8. The van der Waals surface area contributed by atoms with Crippen molar-refractivity contribution in [3.05, 3.63) is 32.4 Å². The van der Waals surface area contributed by atoms with Crippen LogP contribution in [0.4, 0.5) is 0 Å². The summed E-state index contributed by atoms with van der Waals surface area (Å²) in [5.74, 6) is 0. The topological polar surface area (TPSA) is 103 Å². The van der Waals surface area contributed by atoms with Gasteiger partial charge in [0.05, 0.1) is 0 Å². The number of nitrogens with two attached hydrogens (primary N) is 2. The van der Waals surface area contributed by atoms with Gasteiger partial charge in [-0.1, -0.05) is 316 Å². The second kappa shape index (κ2) is 53.4. The molecule has 0 radical (unpaired) electrons. The Labute approximate surface area is 431 Å². The molecule has 0 fully saturated rings. The van der Waals surface area contributed by atoms with Gasteiger partial charge >= 0.3 is 0 Å². The van der Waals surface area contributed by atoms with Crippen molar-refractivity contribution in [3.8, 4) is 0 Å². The number of rotatable bonds is 52. The predicted molar refractivity (Wildman–Crippen MR) is 307 cm³/mol. The van der Waals surface area contributed by atoms with Crippen LogP contribution in [0.5, 0.6) is 0 Å². The molecule has 67 heavy (non-hydrogen) atoms. The quantitative estimate of drug-likeness (QED) is 0.0502. The number of hydrogen-bond donors (Lipinski definition) is 2. The van der Waals surface area contributed by atoms with Crippen LogP contribution in [0, 0.1) is 3.57 Å². The monoisotopic (exact) mass is 1070 g/mol. The van der Waals surface area contributed by atoms with E-state index >= 15 is 0 Å². The van der Waals surface area contributed by atoms with Gasteiger partial charge in [-0.25, -0.2) is 10.3 Å². The summed E-state index contributed by atoms with van der Waals surface area (Å²) < 4.78 is 32.2. The van der Waals surface area contributed by atoms with E-state index in [4.69, 9.17) is 0 Å². The number of hydrogen-bond acceptors (Lipinski definition) is 3. The first kappa shape index (κ1) is 66.6. The van der Waals surface area contributed by atoms with Gasteiger partial charge in [-0.3, -0.25) is 3.07 Å². The van der Waals surface area contributed by atoms with Crippen LogP contribution in [0.2, 0.25) is 0 Å². The number of unbranched alkanes of at least 4 members (excludes halogenated alkanes) is 45. The summed E-state index contributed by atoms with van der Waals surface area (Å²) in [5.41, 5.74) is 4.61. The standard InChI is InChI=1S/C60H113IO.H4N2O2S/c1-4-7-10-13-16-19-22-25-28-31-34-37-40-43-46-49-52-57-55-59(54-51-48-45-42-39-36-33-30-27-24-21-18-15-12-9-6-3)60(61-62)56-58(57)53-50-47-44-41-38-35-32-29-26-23-20-17-14-11-8-5-2;1-5(2,3)4/h55-56H,4-54H2,1-3H3;(H4,1,2,3,4). The number of aryl methyl sites for hydroxylation is 3. The Morgan fingerprint density at radius 2 is 0.463 bits per heavy atom. The Morgan fingerprint density at radius 3 is 0.657 bits per heavy atom. The van der Waals surface area contributed by atoms with Gasteiger partial charge < -0.3 is 0 Å². The lowest BCUT2D eigenvalue weighted by Crippen LogP contribution is -2.21. The molecule has 0 aliphatic carbocycles. The normalized spacial score (nSPS) is 11.7. The Morgan fingerprint density at radius 1 is 0.299 bits per heavy atom. The molecule has 7 heteroatoms.